The highest BCUT2D eigenvalue weighted by Gasteiger charge is 2.15. The van der Waals surface area contributed by atoms with Gasteiger partial charge in [-0.3, -0.25) is 9.59 Å². The van der Waals surface area contributed by atoms with Gasteiger partial charge in [-0.2, -0.15) is 0 Å². The number of nitrogens with two attached hydrogens (primary N) is 2. The molecule has 15 heavy (non-hydrogen) atoms. The molecule has 8 heteroatoms. The quantitative estimate of drug-likeness (QED) is 0.776. The van der Waals surface area contributed by atoms with Gasteiger partial charge in [0.2, 0.25) is 11.8 Å². The first-order valence-corrected chi connectivity index (χ1v) is 5.59. The minimum atomic E-state index is -0.539. The molecule has 0 fully saturated rings. The molecule has 0 bridgehead atoms. The Balaban J connectivity index is 2.80. The van der Waals surface area contributed by atoms with Crippen molar-refractivity contribution in [3.8, 4) is 0 Å². The third-order valence-corrected chi connectivity index (χ3v) is 3.04. The molecule has 6 nitrogen and oxygen atoms in total. The topological polar surface area (TPSA) is 102 Å². The molecule has 0 aromatic carbocycles. The lowest BCUT2D eigenvalue weighted by atomic mass is 10.5. The van der Waals surface area contributed by atoms with E-state index in [0.29, 0.717) is 9.73 Å². The van der Waals surface area contributed by atoms with Gasteiger partial charge in [-0.15, -0.1) is 11.3 Å². The molecule has 1 heterocycles. The molecule has 0 saturated heterocycles. The summed E-state index contributed by atoms with van der Waals surface area (Å²) >= 11 is 4.47. The van der Waals surface area contributed by atoms with Crippen LogP contribution in [0, 0.1) is 0 Å². The molecule has 0 saturated carbocycles. The van der Waals surface area contributed by atoms with Crippen LogP contribution in [0.2, 0.25) is 0 Å². The van der Waals surface area contributed by atoms with Crippen molar-refractivity contribution < 1.29 is 9.59 Å². The van der Waals surface area contributed by atoms with Gasteiger partial charge in [-0.25, -0.2) is 4.98 Å². The van der Waals surface area contributed by atoms with Crippen LogP contribution < -0.4 is 16.4 Å². The summed E-state index contributed by atoms with van der Waals surface area (Å²) in [6.45, 7) is -0.161. The maximum Gasteiger partial charge on any atom is 0.237 e. The SMILES string of the molecule is NC(=O)CN(CC(N)=O)c1nc(Br)cs1. The number of hydrogen-bond donors (Lipinski definition) is 2. The monoisotopic (exact) mass is 292 g/mol. The molecule has 0 aliphatic rings. The van der Waals surface area contributed by atoms with Gasteiger partial charge in [0, 0.05) is 5.38 Å². The summed E-state index contributed by atoms with van der Waals surface area (Å²) in [6, 6.07) is 0. The number of hydrogen-bond acceptors (Lipinski definition) is 5. The minimum absolute atomic E-state index is 0.0805. The summed E-state index contributed by atoms with van der Waals surface area (Å²) in [5, 5.41) is 2.27. The van der Waals surface area contributed by atoms with Crippen molar-refractivity contribution in [2.75, 3.05) is 18.0 Å². The van der Waals surface area contributed by atoms with Crippen molar-refractivity contribution in [2.45, 2.75) is 0 Å². The number of halogens is 1. The van der Waals surface area contributed by atoms with E-state index in [1.165, 1.54) is 16.2 Å². The number of carbonyl (C=O) groups is 2. The van der Waals surface area contributed by atoms with Crippen molar-refractivity contribution in [3.63, 3.8) is 0 Å². The first-order chi connectivity index (χ1) is 6.99. The number of thiazole rings is 1. The maximum atomic E-state index is 10.8. The molecule has 0 aliphatic heterocycles. The van der Waals surface area contributed by atoms with Gasteiger partial charge in [0.15, 0.2) is 5.13 Å². The van der Waals surface area contributed by atoms with E-state index in [0.717, 1.165) is 0 Å². The molecule has 0 atom stereocenters. The average Bonchev–Trinajstić information content (AvgIpc) is 2.48. The van der Waals surface area contributed by atoms with Gasteiger partial charge in [-0.05, 0) is 15.9 Å². The molecule has 0 spiro atoms. The Bertz CT molecular complexity index is 365. The Morgan fingerprint density at radius 2 is 1.93 bits per heavy atom. The van der Waals surface area contributed by atoms with Gasteiger partial charge >= 0.3 is 0 Å². The van der Waals surface area contributed by atoms with E-state index in [4.69, 9.17) is 11.5 Å². The van der Waals surface area contributed by atoms with Crippen molar-refractivity contribution in [1.29, 1.82) is 0 Å². The highest BCUT2D eigenvalue weighted by molar-refractivity contribution is 9.10. The highest BCUT2D eigenvalue weighted by atomic mass is 79.9. The molecule has 0 aliphatic carbocycles. The zero-order valence-corrected chi connectivity index (χ0v) is 10.0. The van der Waals surface area contributed by atoms with E-state index in [2.05, 4.69) is 20.9 Å². The molecule has 1 aromatic rings. The van der Waals surface area contributed by atoms with Crippen LogP contribution in [0.4, 0.5) is 5.13 Å². The van der Waals surface area contributed by atoms with E-state index in [-0.39, 0.29) is 13.1 Å². The van der Waals surface area contributed by atoms with Crippen LogP contribution in [-0.2, 0) is 9.59 Å². The second kappa shape index (κ2) is 5.08. The van der Waals surface area contributed by atoms with E-state index < -0.39 is 11.8 Å². The Kier molecular flexibility index (Phi) is 4.04. The van der Waals surface area contributed by atoms with Gasteiger partial charge in [0.05, 0.1) is 13.1 Å². The molecule has 1 aromatic heterocycles. The van der Waals surface area contributed by atoms with Gasteiger partial charge in [0.1, 0.15) is 4.60 Å². The Morgan fingerprint density at radius 1 is 1.40 bits per heavy atom. The summed E-state index contributed by atoms with van der Waals surface area (Å²) in [5.41, 5.74) is 10.1. The second-order valence-electron chi connectivity index (χ2n) is 2.74. The van der Waals surface area contributed by atoms with E-state index >= 15 is 0 Å². The summed E-state index contributed by atoms with van der Waals surface area (Å²) in [6.07, 6.45) is 0. The predicted molar refractivity (Wildman–Crippen MR) is 60.4 cm³/mol. The molecular formula is C7H9BrN4O2S. The fourth-order valence-corrected chi connectivity index (χ4v) is 2.21. The Labute approximate surface area is 98.4 Å². The summed E-state index contributed by atoms with van der Waals surface area (Å²) in [5.74, 6) is -1.08. The fourth-order valence-electron chi connectivity index (χ4n) is 0.958. The first-order valence-electron chi connectivity index (χ1n) is 3.91. The van der Waals surface area contributed by atoms with Crippen LogP contribution >= 0.6 is 27.3 Å². The number of rotatable bonds is 5. The van der Waals surface area contributed by atoms with Crippen LogP contribution in [0.5, 0.6) is 0 Å². The Morgan fingerprint density at radius 3 is 2.27 bits per heavy atom. The van der Waals surface area contributed by atoms with Crippen LogP contribution in [-0.4, -0.2) is 29.9 Å². The van der Waals surface area contributed by atoms with E-state index in [1.807, 2.05) is 0 Å². The molecule has 1 rings (SSSR count). The van der Waals surface area contributed by atoms with Crippen LogP contribution in [0.3, 0.4) is 0 Å². The largest absolute Gasteiger partial charge is 0.368 e. The standard InChI is InChI=1S/C7H9BrN4O2S/c8-4-3-15-7(11-4)12(1-5(9)13)2-6(10)14/h3H,1-2H2,(H2,9,13)(H2,10,14). The lowest BCUT2D eigenvalue weighted by Gasteiger charge is -2.17. The van der Waals surface area contributed by atoms with Crippen LogP contribution in [0.25, 0.3) is 0 Å². The number of anilines is 1. The zero-order chi connectivity index (χ0) is 11.4. The molecule has 82 valence electrons. The van der Waals surface area contributed by atoms with E-state index in [9.17, 15) is 9.59 Å². The number of nitrogens with zero attached hydrogens (tertiary/aromatic N) is 2. The van der Waals surface area contributed by atoms with E-state index in [1.54, 1.807) is 5.38 Å². The predicted octanol–water partition coefficient (Wildman–Crippen LogP) is -0.317. The molecular weight excluding hydrogens is 284 g/mol. The first kappa shape index (κ1) is 11.9. The fraction of sp³-hybridized carbons (Fsp3) is 0.286. The smallest absolute Gasteiger partial charge is 0.237 e. The lowest BCUT2D eigenvalue weighted by Crippen LogP contribution is -2.39. The minimum Gasteiger partial charge on any atom is -0.368 e. The summed E-state index contributed by atoms with van der Waals surface area (Å²) in [7, 11) is 0. The third-order valence-electron chi connectivity index (χ3n) is 1.43. The number of aromatic nitrogens is 1. The number of carbonyl (C=O) groups excluding carboxylic acids is 2. The Hall–Kier alpha value is -1.15. The highest BCUT2D eigenvalue weighted by Crippen LogP contribution is 2.23. The molecule has 0 unspecified atom stereocenters. The van der Waals surface area contributed by atoms with Gasteiger partial charge < -0.3 is 16.4 Å². The van der Waals surface area contributed by atoms with Crippen LogP contribution in [0.1, 0.15) is 0 Å². The van der Waals surface area contributed by atoms with Gasteiger partial charge in [0.25, 0.3) is 0 Å². The summed E-state index contributed by atoms with van der Waals surface area (Å²) < 4.78 is 0.640. The summed E-state index contributed by atoms with van der Waals surface area (Å²) in [4.78, 5) is 27.0. The second-order valence-corrected chi connectivity index (χ2v) is 4.39. The van der Waals surface area contributed by atoms with Crippen LogP contribution in [0.15, 0.2) is 9.98 Å². The third kappa shape index (κ3) is 3.84. The lowest BCUT2D eigenvalue weighted by molar-refractivity contribution is -0.117. The molecule has 4 N–H and O–H groups in total. The van der Waals surface area contributed by atoms with Crippen molar-refractivity contribution in [3.05, 3.63) is 9.98 Å². The van der Waals surface area contributed by atoms with Crippen molar-refractivity contribution in [2.24, 2.45) is 11.5 Å². The van der Waals surface area contributed by atoms with Gasteiger partial charge in [-0.1, -0.05) is 0 Å². The van der Waals surface area contributed by atoms with Crippen molar-refractivity contribution in [1.82, 2.24) is 4.98 Å². The molecule has 2 amide bonds. The normalized spacial score (nSPS) is 9.93. The van der Waals surface area contributed by atoms with Crippen molar-refractivity contribution >= 4 is 44.2 Å². The molecule has 0 radical (unpaired) electrons. The zero-order valence-electron chi connectivity index (χ0n) is 7.64. The number of amides is 2. The average molecular weight is 293 g/mol. The number of primary amides is 2. The maximum absolute atomic E-state index is 10.8.